The van der Waals surface area contributed by atoms with Gasteiger partial charge < -0.3 is 5.11 Å². The first kappa shape index (κ1) is 15.7. The van der Waals surface area contributed by atoms with Gasteiger partial charge in [-0.1, -0.05) is 11.6 Å². The van der Waals surface area contributed by atoms with Crippen LogP contribution in [0.5, 0.6) is 0 Å². The average Bonchev–Trinajstić information content (AvgIpc) is 2.39. The zero-order valence-corrected chi connectivity index (χ0v) is 12.4. The summed E-state index contributed by atoms with van der Waals surface area (Å²) in [4.78, 5) is 33.6. The number of benzene rings is 1. The number of non-ortho nitro benzene ring substituents is 1. The van der Waals surface area contributed by atoms with Gasteiger partial charge in [0, 0.05) is 23.9 Å². The third kappa shape index (κ3) is 2.58. The minimum absolute atomic E-state index is 0.00554. The van der Waals surface area contributed by atoms with Crippen molar-refractivity contribution in [3.63, 3.8) is 0 Å². The van der Waals surface area contributed by atoms with Crippen molar-refractivity contribution in [1.82, 2.24) is 4.57 Å². The maximum absolute atomic E-state index is 12.2. The number of nitro benzene ring substituents is 1. The number of rotatable bonds is 3. The summed E-state index contributed by atoms with van der Waals surface area (Å²) in [5, 5.41) is 20.0. The number of aromatic carboxylic acids is 1. The molecule has 0 aliphatic carbocycles. The molecule has 1 aromatic carbocycles. The van der Waals surface area contributed by atoms with Crippen molar-refractivity contribution in [1.29, 1.82) is 0 Å². The Morgan fingerprint density at radius 2 is 1.95 bits per heavy atom. The van der Waals surface area contributed by atoms with Crippen LogP contribution in [0.4, 0.5) is 5.69 Å². The van der Waals surface area contributed by atoms with Gasteiger partial charge in [-0.2, -0.15) is 0 Å². The minimum Gasteiger partial charge on any atom is -0.478 e. The van der Waals surface area contributed by atoms with E-state index in [0.717, 1.165) is 10.6 Å². The maximum Gasteiger partial charge on any atom is 0.337 e. The van der Waals surface area contributed by atoms with E-state index in [2.05, 4.69) is 0 Å². The molecule has 0 aliphatic rings. The van der Waals surface area contributed by atoms with Crippen LogP contribution >= 0.6 is 11.6 Å². The minimum atomic E-state index is -1.17. The van der Waals surface area contributed by atoms with Gasteiger partial charge in [-0.05, 0) is 25.5 Å². The molecule has 0 spiro atoms. The predicted octanol–water partition coefficient (Wildman–Crippen LogP) is 2.71. The van der Waals surface area contributed by atoms with E-state index in [1.807, 2.05) is 0 Å². The molecule has 114 valence electrons. The summed E-state index contributed by atoms with van der Waals surface area (Å²) in [6.45, 7) is 3.01. The van der Waals surface area contributed by atoms with E-state index in [-0.39, 0.29) is 27.7 Å². The fraction of sp³-hybridized carbons (Fsp3) is 0.143. The van der Waals surface area contributed by atoms with E-state index in [4.69, 9.17) is 11.6 Å². The van der Waals surface area contributed by atoms with Crippen LogP contribution in [0.15, 0.2) is 29.1 Å². The van der Waals surface area contributed by atoms with Crippen molar-refractivity contribution < 1.29 is 14.8 Å². The summed E-state index contributed by atoms with van der Waals surface area (Å²) in [6, 6.07) is 4.82. The van der Waals surface area contributed by atoms with E-state index in [1.54, 1.807) is 0 Å². The van der Waals surface area contributed by atoms with Crippen molar-refractivity contribution in [3.05, 3.63) is 66.6 Å². The van der Waals surface area contributed by atoms with Crippen LogP contribution in [-0.2, 0) is 0 Å². The average molecular weight is 323 g/mol. The molecule has 22 heavy (non-hydrogen) atoms. The molecule has 2 aromatic rings. The number of halogens is 1. The zero-order chi connectivity index (χ0) is 16.6. The summed E-state index contributed by atoms with van der Waals surface area (Å²) in [5.74, 6) is -1.17. The Morgan fingerprint density at radius 3 is 2.45 bits per heavy atom. The molecule has 1 N–H and O–H groups in total. The second-order valence-corrected chi connectivity index (χ2v) is 5.07. The van der Waals surface area contributed by atoms with Gasteiger partial charge in [0.15, 0.2) is 0 Å². The third-order valence-corrected chi connectivity index (χ3v) is 3.55. The number of hydrogen-bond donors (Lipinski definition) is 1. The fourth-order valence-corrected chi connectivity index (χ4v) is 2.56. The van der Waals surface area contributed by atoms with Gasteiger partial charge in [-0.25, -0.2) is 4.79 Å². The van der Waals surface area contributed by atoms with Crippen molar-refractivity contribution in [2.45, 2.75) is 13.8 Å². The Labute approximate surface area is 129 Å². The second kappa shape index (κ2) is 5.61. The van der Waals surface area contributed by atoms with Crippen molar-refractivity contribution in [3.8, 4) is 5.69 Å². The quantitative estimate of drug-likeness (QED) is 0.691. The lowest BCUT2D eigenvalue weighted by atomic mass is 10.1. The Balaban J connectivity index is 2.78. The number of nitro groups is 1. The van der Waals surface area contributed by atoms with Crippen LogP contribution in [-0.4, -0.2) is 20.6 Å². The molecular formula is C14H11ClN2O5. The molecule has 0 saturated carbocycles. The topological polar surface area (TPSA) is 102 Å². The van der Waals surface area contributed by atoms with Gasteiger partial charge in [-0.3, -0.25) is 19.5 Å². The molecule has 0 aliphatic heterocycles. The normalized spacial score (nSPS) is 10.5. The molecule has 0 bridgehead atoms. The van der Waals surface area contributed by atoms with Crippen LogP contribution in [0.25, 0.3) is 5.69 Å². The smallest absolute Gasteiger partial charge is 0.337 e. The SMILES string of the molecule is Cc1cc(=O)n(-c2ccc([N+](=O)[O-])cc2Cl)c(C)c1C(=O)O. The van der Waals surface area contributed by atoms with E-state index in [1.165, 1.54) is 32.0 Å². The lowest BCUT2D eigenvalue weighted by Gasteiger charge is -2.15. The summed E-state index contributed by atoms with van der Waals surface area (Å²) in [6.07, 6.45) is 0. The Kier molecular flexibility index (Phi) is 4.01. The van der Waals surface area contributed by atoms with Crippen LogP contribution in [0.1, 0.15) is 21.6 Å². The van der Waals surface area contributed by atoms with Gasteiger partial charge in [0.2, 0.25) is 0 Å². The van der Waals surface area contributed by atoms with Gasteiger partial charge in [0.25, 0.3) is 11.2 Å². The van der Waals surface area contributed by atoms with Crippen LogP contribution in [0.2, 0.25) is 5.02 Å². The molecule has 8 heteroatoms. The van der Waals surface area contributed by atoms with Crippen LogP contribution in [0.3, 0.4) is 0 Å². The lowest BCUT2D eigenvalue weighted by Crippen LogP contribution is -2.24. The highest BCUT2D eigenvalue weighted by Gasteiger charge is 2.19. The zero-order valence-electron chi connectivity index (χ0n) is 11.7. The summed E-state index contributed by atoms with van der Waals surface area (Å²) >= 11 is 6.01. The number of pyridine rings is 1. The molecule has 7 nitrogen and oxygen atoms in total. The highest BCUT2D eigenvalue weighted by molar-refractivity contribution is 6.32. The first-order valence-corrected chi connectivity index (χ1v) is 6.52. The molecular weight excluding hydrogens is 312 g/mol. The standard InChI is InChI=1S/C14H11ClN2O5/c1-7-5-12(18)16(8(2)13(7)14(19)20)11-4-3-9(17(21)22)6-10(11)15/h3-6H,1-2H3,(H,19,20). The number of aryl methyl sites for hydroxylation is 1. The first-order chi connectivity index (χ1) is 10.2. The highest BCUT2D eigenvalue weighted by atomic mass is 35.5. The van der Waals surface area contributed by atoms with Crippen molar-refractivity contribution in [2.75, 3.05) is 0 Å². The monoisotopic (exact) mass is 322 g/mol. The highest BCUT2D eigenvalue weighted by Crippen LogP contribution is 2.26. The third-order valence-electron chi connectivity index (χ3n) is 3.25. The molecule has 1 aromatic heterocycles. The Morgan fingerprint density at radius 1 is 1.32 bits per heavy atom. The maximum atomic E-state index is 12.2. The van der Waals surface area contributed by atoms with Crippen molar-refractivity contribution >= 4 is 23.3 Å². The molecule has 0 unspecified atom stereocenters. The van der Waals surface area contributed by atoms with Crippen LogP contribution < -0.4 is 5.56 Å². The largest absolute Gasteiger partial charge is 0.478 e. The lowest BCUT2D eigenvalue weighted by molar-refractivity contribution is -0.384. The first-order valence-electron chi connectivity index (χ1n) is 6.15. The van der Waals surface area contributed by atoms with Gasteiger partial charge >= 0.3 is 5.97 Å². The molecule has 1 heterocycles. The molecule has 0 saturated heterocycles. The summed E-state index contributed by atoms with van der Waals surface area (Å²) in [7, 11) is 0. The number of carboxylic acid groups (broad SMARTS) is 1. The summed E-state index contributed by atoms with van der Waals surface area (Å²) in [5.41, 5.74) is 0.0459. The molecule has 0 atom stereocenters. The molecule has 0 amide bonds. The van der Waals surface area contributed by atoms with Gasteiger partial charge in [0.05, 0.1) is 21.2 Å². The van der Waals surface area contributed by atoms with Gasteiger partial charge in [0.1, 0.15) is 0 Å². The van der Waals surface area contributed by atoms with E-state index < -0.39 is 16.5 Å². The molecule has 0 radical (unpaired) electrons. The van der Waals surface area contributed by atoms with Crippen LogP contribution in [0, 0.1) is 24.0 Å². The molecule has 2 rings (SSSR count). The number of aromatic nitrogens is 1. The molecule has 0 fully saturated rings. The second-order valence-electron chi connectivity index (χ2n) is 4.66. The summed E-state index contributed by atoms with van der Waals surface area (Å²) < 4.78 is 1.13. The number of hydrogen-bond acceptors (Lipinski definition) is 4. The predicted molar refractivity (Wildman–Crippen MR) is 80.1 cm³/mol. The number of carbonyl (C=O) groups is 1. The number of carboxylic acids is 1. The Bertz CT molecular complexity index is 857. The van der Waals surface area contributed by atoms with Gasteiger partial charge in [-0.15, -0.1) is 0 Å². The van der Waals surface area contributed by atoms with E-state index >= 15 is 0 Å². The fourth-order valence-electron chi connectivity index (χ4n) is 2.30. The Hall–Kier alpha value is -2.67. The number of nitrogens with zero attached hydrogens (tertiary/aromatic N) is 2. The van der Waals surface area contributed by atoms with E-state index in [9.17, 15) is 24.8 Å². The van der Waals surface area contributed by atoms with Crippen molar-refractivity contribution in [2.24, 2.45) is 0 Å². The van der Waals surface area contributed by atoms with E-state index in [0.29, 0.717) is 5.56 Å².